The van der Waals surface area contributed by atoms with Crippen LogP contribution >= 0.6 is 23.7 Å². The number of nitrogens with zero attached hydrogens (tertiary/aromatic N) is 1. The molecule has 126 valence electrons. The number of amides is 1. The monoisotopic (exact) mass is 356 g/mol. The van der Waals surface area contributed by atoms with Gasteiger partial charge in [-0.2, -0.15) is 0 Å². The second-order valence-corrected chi connectivity index (χ2v) is 7.00. The molecule has 1 fully saturated rings. The van der Waals surface area contributed by atoms with Gasteiger partial charge in [-0.05, 0) is 68.4 Å². The second kappa shape index (κ2) is 8.08. The van der Waals surface area contributed by atoms with Gasteiger partial charge in [-0.15, -0.1) is 23.7 Å². The Morgan fingerprint density at radius 1 is 1.35 bits per heavy atom. The van der Waals surface area contributed by atoms with Gasteiger partial charge in [0.15, 0.2) is 0 Å². The molecule has 2 heterocycles. The number of hydrogen-bond acceptors (Lipinski definition) is 3. The molecule has 0 bridgehead atoms. The summed E-state index contributed by atoms with van der Waals surface area (Å²) in [5.74, 6) is 0.552. The minimum atomic E-state index is -0.255. The number of fused-ring (bicyclic) bond motifs is 1. The van der Waals surface area contributed by atoms with Crippen LogP contribution in [0.2, 0.25) is 0 Å². The average Bonchev–Trinajstić information content (AvgIpc) is 2.95. The summed E-state index contributed by atoms with van der Waals surface area (Å²) < 4.78 is 14.2. The molecule has 1 aliphatic heterocycles. The summed E-state index contributed by atoms with van der Waals surface area (Å²) in [4.78, 5) is 15.3. The van der Waals surface area contributed by atoms with Crippen molar-refractivity contribution in [3.63, 3.8) is 0 Å². The van der Waals surface area contributed by atoms with E-state index in [0.29, 0.717) is 10.8 Å². The van der Waals surface area contributed by atoms with Crippen molar-refractivity contribution in [2.24, 2.45) is 5.92 Å². The summed E-state index contributed by atoms with van der Waals surface area (Å²) in [5, 5.41) is 4.00. The van der Waals surface area contributed by atoms with E-state index in [2.05, 4.69) is 5.32 Å². The van der Waals surface area contributed by atoms with Crippen molar-refractivity contribution in [3.8, 4) is 0 Å². The third kappa shape index (κ3) is 4.22. The zero-order chi connectivity index (χ0) is 15.5. The first kappa shape index (κ1) is 18.2. The summed E-state index contributed by atoms with van der Waals surface area (Å²) in [5.41, 5.74) is 0. The van der Waals surface area contributed by atoms with E-state index in [4.69, 9.17) is 0 Å². The van der Waals surface area contributed by atoms with E-state index in [-0.39, 0.29) is 24.1 Å². The van der Waals surface area contributed by atoms with Gasteiger partial charge in [-0.1, -0.05) is 0 Å². The first-order valence-electron chi connectivity index (χ1n) is 7.80. The fourth-order valence-electron chi connectivity index (χ4n) is 3.05. The zero-order valence-corrected chi connectivity index (χ0v) is 14.8. The van der Waals surface area contributed by atoms with Crippen LogP contribution in [0.1, 0.15) is 28.9 Å². The Morgan fingerprint density at radius 3 is 2.78 bits per heavy atom. The number of hydrogen-bond donors (Lipinski definition) is 1. The maximum atomic E-state index is 13.3. The molecule has 0 spiro atoms. The maximum Gasteiger partial charge on any atom is 0.263 e. The molecule has 0 saturated carbocycles. The minimum absolute atomic E-state index is 0. The van der Waals surface area contributed by atoms with Crippen LogP contribution in [0.3, 0.4) is 0 Å². The van der Waals surface area contributed by atoms with Crippen LogP contribution in [0.15, 0.2) is 24.3 Å². The Kier molecular flexibility index (Phi) is 6.39. The normalized spacial score (nSPS) is 15.7. The number of halogens is 2. The molecule has 0 radical (unpaired) electrons. The Morgan fingerprint density at radius 2 is 2.09 bits per heavy atom. The zero-order valence-electron chi connectivity index (χ0n) is 13.2. The van der Waals surface area contributed by atoms with Crippen molar-refractivity contribution in [1.29, 1.82) is 0 Å². The first-order valence-corrected chi connectivity index (χ1v) is 8.62. The Bertz CT molecular complexity index is 668. The predicted molar refractivity (Wildman–Crippen MR) is 96.2 cm³/mol. The van der Waals surface area contributed by atoms with Gasteiger partial charge in [0.1, 0.15) is 5.82 Å². The van der Waals surface area contributed by atoms with E-state index in [0.717, 1.165) is 42.6 Å². The Hall–Kier alpha value is -1.17. The third-order valence-corrected chi connectivity index (χ3v) is 5.50. The smallest absolute Gasteiger partial charge is 0.263 e. The molecule has 2 aromatic rings. The van der Waals surface area contributed by atoms with Crippen LogP contribution < -0.4 is 5.32 Å². The summed E-state index contributed by atoms with van der Waals surface area (Å²) in [6.45, 7) is 2.70. The summed E-state index contributed by atoms with van der Waals surface area (Å²) in [6, 6.07) is 6.50. The van der Waals surface area contributed by atoms with Gasteiger partial charge in [0.2, 0.25) is 0 Å². The second-order valence-electron chi connectivity index (χ2n) is 5.92. The largest absolute Gasteiger partial charge is 0.338 e. The summed E-state index contributed by atoms with van der Waals surface area (Å²) in [7, 11) is 1.98. The van der Waals surface area contributed by atoms with E-state index in [1.807, 2.05) is 18.0 Å². The fourth-order valence-corrected chi connectivity index (χ4v) is 4.06. The molecule has 3 rings (SSSR count). The molecule has 0 aliphatic carbocycles. The van der Waals surface area contributed by atoms with E-state index >= 15 is 0 Å². The predicted octanol–water partition coefficient (Wildman–Crippen LogP) is 3.92. The van der Waals surface area contributed by atoms with Crippen molar-refractivity contribution in [2.75, 3.05) is 26.7 Å². The number of likely N-dealkylation sites (tertiary alicyclic amines) is 1. The first-order chi connectivity index (χ1) is 10.7. The Balaban J connectivity index is 0.00000192. The lowest BCUT2D eigenvalue weighted by atomic mass is 9.93. The van der Waals surface area contributed by atoms with Crippen LogP contribution in [-0.4, -0.2) is 37.5 Å². The molecule has 3 nitrogen and oxygen atoms in total. The molecule has 0 unspecified atom stereocenters. The summed E-state index contributed by atoms with van der Waals surface area (Å²) >= 11 is 1.45. The van der Waals surface area contributed by atoms with Gasteiger partial charge in [-0.25, -0.2) is 4.39 Å². The molecule has 0 atom stereocenters. The lowest BCUT2D eigenvalue weighted by Crippen LogP contribution is -2.38. The maximum absolute atomic E-state index is 13.3. The van der Waals surface area contributed by atoms with E-state index in [1.54, 1.807) is 6.07 Å². The van der Waals surface area contributed by atoms with Crippen LogP contribution in [0, 0.1) is 11.7 Å². The van der Waals surface area contributed by atoms with E-state index < -0.39 is 0 Å². The lowest BCUT2D eigenvalue weighted by molar-refractivity contribution is 0.0692. The van der Waals surface area contributed by atoms with Gasteiger partial charge in [0, 0.05) is 17.8 Å². The fraction of sp³-hybridized carbons (Fsp3) is 0.471. The van der Waals surface area contributed by atoms with Gasteiger partial charge in [0.05, 0.1) is 4.88 Å². The van der Waals surface area contributed by atoms with Gasteiger partial charge < -0.3 is 10.2 Å². The van der Waals surface area contributed by atoms with Crippen molar-refractivity contribution < 1.29 is 9.18 Å². The molecule has 1 aromatic heterocycles. The minimum Gasteiger partial charge on any atom is -0.338 e. The molecule has 1 saturated heterocycles. The van der Waals surface area contributed by atoms with Gasteiger partial charge in [0.25, 0.3) is 5.91 Å². The number of nitrogens with one attached hydrogen (secondary N) is 1. The Labute approximate surface area is 146 Å². The number of benzene rings is 1. The van der Waals surface area contributed by atoms with Crippen LogP contribution in [0.5, 0.6) is 0 Å². The number of carbonyl (C=O) groups excluding carboxylic acids is 1. The van der Waals surface area contributed by atoms with Crippen LogP contribution in [0.25, 0.3) is 10.1 Å². The highest BCUT2D eigenvalue weighted by Crippen LogP contribution is 2.29. The van der Waals surface area contributed by atoms with Crippen molar-refractivity contribution >= 4 is 39.7 Å². The number of carbonyl (C=O) groups is 1. The van der Waals surface area contributed by atoms with E-state index in [9.17, 15) is 9.18 Å². The standard InChI is InChI=1S/C17H21FN2OS.ClH/c1-19-7-4-12-5-8-20(9-6-12)17(21)16-11-13-10-14(18)2-3-15(13)22-16;/h2-3,10-12,19H,4-9H2,1H3;1H. The van der Waals surface area contributed by atoms with Gasteiger partial charge in [-0.3, -0.25) is 4.79 Å². The molecule has 23 heavy (non-hydrogen) atoms. The summed E-state index contributed by atoms with van der Waals surface area (Å²) in [6.07, 6.45) is 3.33. The average molecular weight is 357 g/mol. The molecular formula is C17H22ClFN2OS. The molecule has 1 amide bonds. The number of thiophene rings is 1. The van der Waals surface area contributed by atoms with Crippen LogP contribution in [-0.2, 0) is 0 Å². The van der Waals surface area contributed by atoms with E-state index in [1.165, 1.54) is 29.9 Å². The highest BCUT2D eigenvalue weighted by atomic mass is 35.5. The SMILES string of the molecule is CNCCC1CCN(C(=O)c2cc3cc(F)ccc3s2)CC1.Cl. The topological polar surface area (TPSA) is 32.3 Å². The van der Waals surface area contributed by atoms with Crippen molar-refractivity contribution in [1.82, 2.24) is 10.2 Å². The third-order valence-electron chi connectivity index (χ3n) is 4.39. The number of piperidine rings is 1. The highest BCUT2D eigenvalue weighted by Gasteiger charge is 2.24. The highest BCUT2D eigenvalue weighted by molar-refractivity contribution is 7.20. The molecular weight excluding hydrogens is 335 g/mol. The molecule has 6 heteroatoms. The van der Waals surface area contributed by atoms with Crippen molar-refractivity contribution in [3.05, 3.63) is 35.0 Å². The quantitative estimate of drug-likeness (QED) is 0.900. The van der Waals surface area contributed by atoms with Crippen LogP contribution in [0.4, 0.5) is 4.39 Å². The lowest BCUT2D eigenvalue weighted by Gasteiger charge is -2.31. The number of rotatable bonds is 4. The van der Waals surface area contributed by atoms with Crippen molar-refractivity contribution in [2.45, 2.75) is 19.3 Å². The van der Waals surface area contributed by atoms with Gasteiger partial charge >= 0.3 is 0 Å². The molecule has 1 aliphatic rings. The molecule has 1 aromatic carbocycles. The molecule has 1 N–H and O–H groups in total.